The molecule has 5 heteroatoms. The van der Waals surface area contributed by atoms with E-state index in [4.69, 9.17) is 0 Å². The van der Waals surface area contributed by atoms with Crippen molar-refractivity contribution in [3.63, 3.8) is 0 Å². The van der Waals surface area contributed by atoms with E-state index in [1.54, 1.807) is 0 Å². The molecule has 3 aromatic rings. The molecule has 4 rings (SSSR count). The van der Waals surface area contributed by atoms with Crippen molar-refractivity contribution in [1.82, 2.24) is 14.9 Å². The smallest absolute Gasteiger partial charge is 0.176 e. The summed E-state index contributed by atoms with van der Waals surface area (Å²) in [7, 11) is 0. The number of nitrogens with zero attached hydrogens (tertiary/aromatic N) is 4. The lowest BCUT2D eigenvalue weighted by molar-refractivity contribution is 0.0926. The Bertz CT molecular complexity index is 993. The van der Waals surface area contributed by atoms with E-state index in [0.29, 0.717) is 6.54 Å². The summed E-state index contributed by atoms with van der Waals surface area (Å²) in [5, 5.41) is 0. The van der Waals surface area contributed by atoms with Crippen LogP contribution in [-0.4, -0.2) is 53.4 Å². The van der Waals surface area contributed by atoms with Gasteiger partial charge in [0.05, 0.1) is 12.2 Å². The van der Waals surface area contributed by atoms with Crippen molar-refractivity contribution in [1.29, 1.82) is 0 Å². The Morgan fingerprint density at radius 3 is 2.30 bits per heavy atom. The van der Waals surface area contributed by atoms with Crippen molar-refractivity contribution in [3.05, 3.63) is 77.6 Å². The molecule has 30 heavy (non-hydrogen) atoms. The zero-order valence-electron chi connectivity index (χ0n) is 17.7. The first-order valence-corrected chi connectivity index (χ1v) is 10.6. The molecule has 0 unspecified atom stereocenters. The Morgan fingerprint density at radius 1 is 0.933 bits per heavy atom. The molecule has 2 aromatic carbocycles. The van der Waals surface area contributed by atoms with Crippen LogP contribution in [0.5, 0.6) is 0 Å². The van der Waals surface area contributed by atoms with E-state index < -0.39 is 0 Å². The van der Waals surface area contributed by atoms with Gasteiger partial charge in [-0.1, -0.05) is 61.5 Å². The lowest BCUT2D eigenvalue weighted by Gasteiger charge is -2.35. The third kappa shape index (κ3) is 4.74. The first kappa shape index (κ1) is 20.2. The van der Waals surface area contributed by atoms with Crippen LogP contribution in [0.15, 0.2) is 60.7 Å². The van der Waals surface area contributed by atoms with Gasteiger partial charge in [0.25, 0.3) is 0 Å². The molecule has 2 heterocycles. The zero-order valence-corrected chi connectivity index (χ0v) is 17.7. The number of ketones is 1. The standard InChI is InChI=1S/C25H28N4O/c1-3-20-9-11-22(12-10-20)24(30)18-28-13-15-29(16-14-28)25-17-23(26-19(2)27-25)21-7-5-4-6-8-21/h4-12,17H,3,13-16,18H2,1-2H3. The Labute approximate surface area is 178 Å². The molecule has 1 fully saturated rings. The highest BCUT2D eigenvalue weighted by atomic mass is 16.1. The summed E-state index contributed by atoms with van der Waals surface area (Å²) in [4.78, 5) is 26.4. The number of hydrogen-bond donors (Lipinski definition) is 0. The van der Waals surface area contributed by atoms with E-state index in [1.807, 2.05) is 49.4 Å². The number of benzene rings is 2. The van der Waals surface area contributed by atoms with E-state index in [2.05, 4.69) is 44.9 Å². The molecule has 1 aliphatic heterocycles. The Balaban J connectivity index is 1.38. The van der Waals surface area contributed by atoms with Gasteiger partial charge in [0.1, 0.15) is 11.6 Å². The van der Waals surface area contributed by atoms with Crippen LogP contribution in [0.1, 0.15) is 28.7 Å². The van der Waals surface area contributed by atoms with Gasteiger partial charge >= 0.3 is 0 Å². The molecule has 1 aliphatic rings. The van der Waals surface area contributed by atoms with Gasteiger partial charge < -0.3 is 4.90 Å². The Hall–Kier alpha value is -3.05. The summed E-state index contributed by atoms with van der Waals surface area (Å²) in [5.74, 6) is 1.93. The van der Waals surface area contributed by atoms with Crippen LogP contribution in [0.4, 0.5) is 5.82 Å². The van der Waals surface area contributed by atoms with Gasteiger partial charge in [-0.2, -0.15) is 0 Å². The largest absolute Gasteiger partial charge is 0.354 e. The highest BCUT2D eigenvalue weighted by Gasteiger charge is 2.21. The van der Waals surface area contributed by atoms with Crippen molar-refractivity contribution >= 4 is 11.6 Å². The Kier molecular flexibility index (Phi) is 6.19. The summed E-state index contributed by atoms with van der Waals surface area (Å²) in [6, 6.07) is 20.3. The normalized spacial score (nSPS) is 14.7. The summed E-state index contributed by atoms with van der Waals surface area (Å²) in [6.45, 7) is 7.94. The molecule has 0 amide bonds. The molecule has 0 saturated carbocycles. The summed E-state index contributed by atoms with van der Waals surface area (Å²) >= 11 is 0. The lowest BCUT2D eigenvalue weighted by atomic mass is 10.1. The molecular formula is C25H28N4O. The fourth-order valence-electron chi connectivity index (χ4n) is 3.83. The fraction of sp³-hybridized carbons (Fsp3) is 0.320. The predicted molar refractivity (Wildman–Crippen MR) is 121 cm³/mol. The van der Waals surface area contributed by atoms with Crippen molar-refractivity contribution in [2.45, 2.75) is 20.3 Å². The molecule has 0 N–H and O–H groups in total. The van der Waals surface area contributed by atoms with E-state index in [9.17, 15) is 4.79 Å². The van der Waals surface area contributed by atoms with Gasteiger partial charge in [0.15, 0.2) is 5.78 Å². The van der Waals surface area contributed by atoms with E-state index in [1.165, 1.54) is 5.56 Å². The van der Waals surface area contributed by atoms with Crippen molar-refractivity contribution in [3.8, 4) is 11.3 Å². The first-order chi connectivity index (χ1) is 14.6. The third-order valence-corrected chi connectivity index (χ3v) is 5.64. The highest BCUT2D eigenvalue weighted by Crippen LogP contribution is 2.22. The van der Waals surface area contributed by atoms with Gasteiger partial charge in [-0.05, 0) is 18.9 Å². The average molecular weight is 401 g/mol. The molecule has 5 nitrogen and oxygen atoms in total. The summed E-state index contributed by atoms with van der Waals surface area (Å²) < 4.78 is 0. The molecule has 1 aromatic heterocycles. The summed E-state index contributed by atoms with van der Waals surface area (Å²) in [5.41, 5.74) is 4.11. The highest BCUT2D eigenvalue weighted by molar-refractivity contribution is 5.97. The lowest BCUT2D eigenvalue weighted by Crippen LogP contribution is -2.48. The summed E-state index contributed by atoms with van der Waals surface area (Å²) in [6.07, 6.45) is 0.991. The number of rotatable bonds is 6. The maximum atomic E-state index is 12.6. The monoisotopic (exact) mass is 400 g/mol. The number of aromatic nitrogens is 2. The second kappa shape index (κ2) is 9.18. The van der Waals surface area contributed by atoms with E-state index in [-0.39, 0.29) is 5.78 Å². The van der Waals surface area contributed by atoms with Crippen LogP contribution in [0.25, 0.3) is 11.3 Å². The van der Waals surface area contributed by atoms with Crippen molar-refractivity contribution in [2.75, 3.05) is 37.6 Å². The fourth-order valence-corrected chi connectivity index (χ4v) is 3.83. The maximum Gasteiger partial charge on any atom is 0.176 e. The van der Waals surface area contributed by atoms with Gasteiger partial charge in [-0.15, -0.1) is 0 Å². The quantitative estimate of drug-likeness (QED) is 0.585. The maximum absolute atomic E-state index is 12.6. The predicted octanol–water partition coefficient (Wildman–Crippen LogP) is 4.02. The molecule has 0 radical (unpaired) electrons. The number of carbonyl (C=O) groups is 1. The SMILES string of the molecule is CCc1ccc(C(=O)CN2CCN(c3cc(-c4ccccc4)nc(C)n3)CC2)cc1. The number of aryl methyl sites for hydroxylation is 2. The minimum atomic E-state index is 0.190. The van der Waals surface area contributed by atoms with Crippen LogP contribution in [-0.2, 0) is 6.42 Å². The van der Waals surface area contributed by atoms with E-state index in [0.717, 1.165) is 61.1 Å². The average Bonchev–Trinajstić information content (AvgIpc) is 2.80. The molecule has 0 aliphatic carbocycles. The second-order valence-corrected chi connectivity index (χ2v) is 7.76. The second-order valence-electron chi connectivity index (χ2n) is 7.76. The van der Waals surface area contributed by atoms with E-state index >= 15 is 0 Å². The van der Waals surface area contributed by atoms with Crippen LogP contribution in [0.2, 0.25) is 0 Å². The van der Waals surface area contributed by atoms with Crippen LogP contribution in [0.3, 0.4) is 0 Å². The minimum absolute atomic E-state index is 0.190. The van der Waals surface area contributed by atoms with Crippen molar-refractivity contribution < 1.29 is 4.79 Å². The van der Waals surface area contributed by atoms with Crippen LogP contribution < -0.4 is 4.90 Å². The van der Waals surface area contributed by atoms with Crippen LogP contribution in [0, 0.1) is 6.92 Å². The third-order valence-electron chi connectivity index (χ3n) is 5.64. The topological polar surface area (TPSA) is 49.3 Å². The number of piperazine rings is 1. The number of hydrogen-bond acceptors (Lipinski definition) is 5. The van der Waals surface area contributed by atoms with Gasteiger partial charge in [-0.25, -0.2) is 9.97 Å². The van der Waals surface area contributed by atoms with Gasteiger partial charge in [0, 0.05) is 43.4 Å². The molecule has 0 spiro atoms. The number of carbonyl (C=O) groups excluding carboxylic acids is 1. The molecule has 1 saturated heterocycles. The minimum Gasteiger partial charge on any atom is -0.354 e. The molecule has 0 atom stereocenters. The molecule has 154 valence electrons. The van der Waals surface area contributed by atoms with Crippen molar-refractivity contribution in [2.24, 2.45) is 0 Å². The van der Waals surface area contributed by atoms with Crippen LogP contribution >= 0.6 is 0 Å². The zero-order chi connectivity index (χ0) is 20.9. The molecule has 0 bridgehead atoms. The first-order valence-electron chi connectivity index (χ1n) is 10.6. The Morgan fingerprint density at radius 2 is 1.63 bits per heavy atom. The van der Waals surface area contributed by atoms with Gasteiger partial charge in [0.2, 0.25) is 0 Å². The molecular weight excluding hydrogens is 372 g/mol. The van der Waals surface area contributed by atoms with Gasteiger partial charge in [-0.3, -0.25) is 9.69 Å². The number of anilines is 1. The number of Topliss-reactive ketones (excluding diaryl/α,β-unsaturated/α-hetero) is 1.